The molecule has 0 radical (unpaired) electrons. The van der Waals surface area contributed by atoms with Gasteiger partial charge in [-0.05, 0) is 60.5 Å². The second kappa shape index (κ2) is 8.82. The minimum atomic E-state index is -0.904. The van der Waals surface area contributed by atoms with Gasteiger partial charge in [-0.3, -0.25) is 9.59 Å². The second-order valence-electron chi connectivity index (χ2n) is 7.62. The summed E-state index contributed by atoms with van der Waals surface area (Å²) < 4.78 is 5.93. The molecule has 6 heteroatoms. The van der Waals surface area contributed by atoms with Crippen LogP contribution in [0.4, 0.5) is 5.69 Å². The molecule has 0 saturated heterocycles. The molecule has 0 aliphatic carbocycles. The predicted octanol–water partition coefficient (Wildman–Crippen LogP) is 5.53. The summed E-state index contributed by atoms with van der Waals surface area (Å²) in [6.07, 6.45) is -0.0687. The summed E-state index contributed by atoms with van der Waals surface area (Å²) in [4.78, 5) is 26.5. The quantitative estimate of drug-likeness (QED) is 0.553. The van der Waals surface area contributed by atoms with Crippen LogP contribution in [-0.2, 0) is 11.4 Å². The molecule has 1 aliphatic heterocycles. The van der Waals surface area contributed by atoms with Crippen LogP contribution in [0.5, 0.6) is 5.75 Å². The monoisotopic (exact) mass is 435 g/mol. The Morgan fingerprint density at radius 3 is 2.42 bits per heavy atom. The number of hydrogen-bond acceptors (Lipinski definition) is 3. The number of carboxylic acids is 1. The topological polar surface area (TPSA) is 66.8 Å². The maximum atomic E-state index is 13.3. The molecule has 1 N–H and O–H groups in total. The molecule has 0 aromatic heterocycles. The highest BCUT2D eigenvalue weighted by Crippen LogP contribution is 2.45. The molecule has 0 bridgehead atoms. The predicted molar refractivity (Wildman–Crippen MR) is 120 cm³/mol. The van der Waals surface area contributed by atoms with Gasteiger partial charge in [-0.15, -0.1) is 0 Å². The van der Waals surface area contributed by atoms with Gasteiger partial charge in [0.25, 0.3) is 5.91 Å². The highest BCUT2D eigenvalue weighted by atomic mass is 35.5. The fraction of sp³-hybridized carbons (Fsp3) is 0.200. The van der Waals surface area contributed by atoms with E-state index in [-0.39, 0.29) is 24.3 Å². The molecule has 1 heterocycles. The molecule has 31 heavy (non-hydrogen) atoms. The minimum absolute atomic E-state index is 0.0687. The van der Waals surface area contributed by atoms with E-state index in [2.05, 4.69) is 0 Å². The summed E-state index contributed by atoms with van der Waals surface area (Å²) in [7, 11) is 0. The molecule has 5 nitrogen and oxygen atoms in total. The first-order valence-electron chi connectivity index (χ1n) is 10.1. The summed E-state index contributed by atoms with van der Waals surface area (Å²) >= 11 is 5.95. The van der Waals surface area contributed by atoms with E-state index in [0.29, 0.717) is 28.6 Å². The van der Waals surface area contributed by atoms with Crippen molar-refractivity contribution in [3.8, 4) is 5.75 Å². The van der Waals surface area contributed by atoms with Crippen molar-refractivity contribution in [1.29, 1.82) is 0 Å². The Bertz CT molecular complexity index is 1100. The number of ether oxygens (including phenoxy) is 1. The molecule has 158 valence electrons. The maximum absolute atomic E-state index is 13.3. The first kappa shape index (κ1) is 20.9. The normalized spacial score (nSPS) is 17.3. The number of nitrogens with zero attached hydrogens (tertiary/aromatic N) is 1. The largest absolute Gasteiger partial charge is 0.489 e. The number of carboxylic acid groups (broad SMARTS) is 1. The zero-order valence-corrected chi connectivity index (χ0v) is 17.8. The third-order valence-corrected chi connectivity index (χ3v) is 5.85. The third-order valence-electron chi connectivity index (χ3n) is 5.60. The van der Waals surface area contributed by atoms with Crippen molar-refractivity contribution >= 4 is 29.2 Å². The molecular weight excluding hydrogens is 414 g/mol. The van der Waals surface area contributed by atoms with Gasteiger partial charge in [0.15, 0.2) is 0 Å². The number of halogens is 1. The lowest BCUT2D eigenvalue weighted by Crippen LogP contribution is -2.37. The van der Waals surface area contributed by atoms with E-state index in [0.717, 1.165) is 11.1 Å². The molecule has 0 saturated carbocycles. The van der Waals surface area contributed by atoms with Gasteiger partial charge in [-0.25, -0.2) is 0 Å². The summed E-state index contributed by atoms with van der Waals surface area (Å²) in [5.74, 6) is -0.773. The number of amides is 1. The average Bonchev–Trinajstić information content (AvgIpc) is 3.03. The van der Waals surface area contributed by atoms with Crippen LogP contribution in [-0.4, -0.2) is 23.0 Å². The van der Waals surface area contributed by atoms with Gasteiger partial charge in [-0.2, -0.15) is 0 Å². The van der Waals surface area contributed by atoms with Gasteiger partial charge in [0.05, 0.1) is 6.42 Å². The van der Waals surface area contributed by atoms with Crippen molar-refractivity contribution in [1.82, 2.24) is 0 Å². The summed E-state index contributed by atoms with van der Waals surface area (Å²) in [5, 5.41) is 10.0. The van der Waals surface area contributed by atoms with Gasteiger partial charge < -0.3 is 14.7 Å². The number of hydrogen-bond donors (Lipinski definition) is 1. The number of carbonyl (C=O) groups excluding carboxylic acids is 1. The van der Waals surface area contributed by atoms with Crippen LogP contribution in [0.2, 0.25) is 5.02 Å². The Morgan fingerprint density at radius 1 is 1.03 bits per heavy atom. The van der Waals surface area contributed by atoms with Crippen LogP contribution in [0, 0.1) is 0 Å². The Kier molecular flexibility index (Phi) is 5.96. The van der Waals surface area contributed by atoms with Crippen molar-refractivity contribution in [3.05, 3.63) is 94.5 Å². The number of aliphatic carboxylic acids is 1. The molecule has 0 spiro atoms. The zero-order chi connectivity index (χ0) is 22.0. The highest BCUT2D eigenvalue weighted by molar-refractivity contribution is 6.30. The molecule has 3 aromatic rings. The Labute approximate surface area is 185 Å². The second-order valence-corrected chi connectivity index (χ2v) is 8.06. The van der Waals surface area contributed by atoms with E-state index in [4.69, 9.17) is 16.3 Å². The molecule has 2 atom stereocenters. The van der Waals surface area contributed by atoms with E-state index in [1.54, 1.807) is 29.2 Å². The standard InChI is InChI=1S/C25H22ClNO4/c1-16-21(14-24(28)29)22-13-20(31-15-17-5-3-2-4-6-17)11-12-23(22)27(16)25(30)18-7-9-19(26)10-8-18/h2-13,16,21H,14-15H2,1H3,(H,28,29)/t16-,21-/m1/s1. The van der Waals surface area contributed by atoms with Gasteiger partial charge in [0.1, 0.15) is 12.4 Å². The number of fused-ring (bicyclic) bond motifs is 1. The Balaban J connectivity index is 1.65. The third kappa shape index (κ3) is 4.42. The van der Waals surface area contributed by atoms with E-state index >= 15 is 0 Å². The molecule has 0 unspecified atom stereocenters. The summed E-state index contributed by atoms with van der Waals surface area (Å²) in [6.45, 7) is 2.29. The highest BCUT2D eigenvalue weighted by Gasteiger charge is 2.40. The van der Waals surface area contributed by atoms with Gasteiger partial charge >= 0.3 is 5.97 Å². The van der Waals surface area contributed by atoms with Crippen molar-refractivity contribution < 1.29 is 19.4 Å². The van der Waals surface area contributed by atoms with E-state index in [9.17, 15) is 14.7 Å². The Hall–Kier alpha value is -3.31. The first-order chi connectivity index (χ1) is 14.9. The molecule has 1 amide bonds. The number of carbonyl (C=O) groups is 2. The van der Waals surface area contributed by atoms with Crippen molar-refractivity contribution in [2.45, 2.75) is 31.9 Å². The summed E-state index contributed by atoms with van der Waals surface area (Å²) in [6, 6.07) is 21.7. The van der Waals surface area contributed by atoms with Crippen LogP contribution in [0.3, 0.4) is 0 Å². The molecule has 3 aromatic carbocycles. The van der Waals surface area contributed by atoms with Gasteiger partial charge in [0.2, 0.25) is 0 Å². The zero-order valence-electron chi connectivity index (χ0n) is 17.0. The minimum Gasteiger partial charge on any atom is -0.489 e. The van der Waals surface area contributed by atoms with Crippen LogP contribution in [0.1, 0.15) is 40.7 Å². The fourth-order valence-corrected chi connectivity index (χ4v) is 4.16. The Morgan fingerprint density at radius 2 is 1.74 bits per heavy atom. The summed E-state index contributed by atoms with van der Waals surface area (Å²) in [5.41, 5.74) is 3.06. The number of rotatable bonds is 6. The number of benzene rings is 3. The van der Waals surface area contributed by atoms with Crippen molar-refractivity contribution in [2.75, 3.05) is 4.90 Å². The average molecular weight is 436 g/mol. The van der Waals surface area contributed by atoms with E-state index in [1.165, 1.54) is 0 Å². The smallest absolute Gasteiger partial charge is 0.304 e. The van der Waals surface area contributed by atoms with Gasteiger partial charge in [-0.1, -0.05) is 41.9 Å². The molecule has 0 fully saturated rings. The van der Waals surface area contributed by atoms with Gasteiger partial charge in [0, 0.05) is 28.2 Å². The lowest BCUT2D eigenvalue weighted by atomic mass is 9.92. The van der Waals surface area contributed by atoms with Crippen LogP contribution < -0.4 is 9.64 Å². The molecular formula is C25H22ClNO4. The van der Waals surface area contributed by atoms with Crippen LogP contribution in [0.25, 0.3) is 0 Å². The lowest BCUT2D eigenvalue weighted by molar-refractivity contribution is -0.137. The lowest BCUT2D eigenvalue weighted by Gasteiger charge is -2.25. The molecule has 1 aliphatic rings. The van der Waals surface area contributed by atoms with Crippen molar-refractivity contribution in [2.24, 2.45) is 0 Å². The number of anilines is 1. The van der Waals surface area contributed by atoms with Crippen molar-refractivity contribution in [3.63, 3.8) is 0 Å². The van der Waals surface area contributed by atoms with Crippen LogP contribution in [0.15, 0.2) is 72.8 Å². The molecule has 4 rings (SSSR count). The van der Waals surface area contributed by atoms with E-state index < -0.39 is 5.97 Å². The van der Waals surface area contributed by atoms with E-state index in [1.807, 2.05) is 55.5 Å². The fourth-order valence-electron chi connectivity index (χ4n) is 4.03. The van der Waals surface area contributed by atoms with Crippen LogP contribution >= 0.6 is 11.6 Å². The SMILES string of the molecule is C[C@@H]1[C@@H](CC(=O)O)c2cc(OCc3ccccc3)ccc2N1C(=O)c1ccc(Cl)cc1. The maximum Gasteiger partial charge on any atom is 0.304 e. The first-order valence-corrected chi connectivity index (χ1v) is 10.4.